The highest BCUT2D eigenvalue weighted by atomic mass is 16.1. The van der Waals surface area contributed by atoms with Crippen molar-refractivity contribution in [3.63, 3.8) is 0 Å². The summed E-state index contributed by atoms with van der Waals surface area (Å²) in [6.45, 7) is 3.86. The number of hydrogen-bond donors (Lipinski definition) is 2. The fourth-order valence-electron chi connectivity index (χ4n) is 3.34. The van der Waals surface area contributed by atoms with Gasteiger partial charge in [-0.25, -0.2) is 9.97 Å². The van der Waals surface area contributed by atoms with Crippen molar-refractivity contribution in [2.75, 3.05) is 0 Å². The van der Waals surface area contributed by atoms with Gasteiger partial charge in [0.25, 0.3) is 5.91 Å². The predicted molar refractivity (Wildman–Crippen MR) is 90.7 cm³/mol. The van der Waals surface area contributed by atoms with E-state index in [1.54, 1.807) is 12.4 Å². The number of amides is 1. The highest BCUT2D eigenvalue weighted by molar-refractivity contribution is 6.04. The van der Waals surface area contributed by atoms with Crippen LogP contribution in [0.5, 0.6) is 0 Å². The second-order valence-corrected chi connectivity index (χ2v) is 6.53. The zero-order chi connectivity index (χ0) is 16.8. The number of aryl methyl sites for hydroxylation is 1. The molecule has 1 aliphatic rings. The Kier molecular flexibility index (Phi) is 3.37. The molecule has 0 atom stereocenters. The Morgan fingerprint density at radius 2 is 2.21 bits per heavy atom. The molecule has 0 saturated carbocycles. The molecule has 0 spiro atoms. The van der Waals surface area contributed by atoms with Crippen LogP contribution < -0.4 is 5.32 Å². The molecule has 3 aromatic heterocycles. The average molecular weight is 324 g/mol. The van der Waals surface area contributed by atoms with Crippen LogP contribution >= 0.6 is 0 Å². The van der Waals surface area contributed by atoms with E-state index in [4.69, 9.17) is 4.98 Å². The standard InChI is InChI=1S/C17H20N6O/c1-9(2)20-17(24)11-7-18-16-15(11)21-12(8-19-16)14-10-5-4-6-13(10)23(3)22-14/h7-9H,4-6H2,1-3H3,(H,18,19)(H,20,24). The van der Waals surface area contributed by atoms with E-state index in [0.717, 1.165) is 30.7 Å². The summed E-state index contributed by atoms with van der Waals surface area (Å²) in [6, 6.07) is 0.0673. The molecular formula is C17H20N6O. The highest BCUT2D eigenvalue weighted by Crippen LogP contribution is 2.31. The third-order valence-electron chi connectivity index (χ3n) is 4.40. The number of nitrogens with one attached hydrogen (secondary N) is 2. The number of nitrogens with zero attached hydrogens (tertiary/aromatic N) is 4. The van der Waals surface area contributed by atoms with Gasteiger partial charge < -0.3 is 10.3 Å². The van der Waals surface area contributed by atoms with Crippen molar-refractivity contribution in [1.82, 2.24) is 30.0 Å². The van der Waals surface area contributed by atoms with Crippen LogP contribution in [-0.2, 0) is 19.9 Å². The van der Waals surface area contributed by atoms with Crippen molar-refractivity contribution in [2.45, 2.75) is 39.2 Å². The summed E-state index contributed by atoms with van der Waals surface area (Å²) in [5.74, 6) is -0.144. The van der Waals surface area contributed by atoms with Crippen LogP contribution in [-0.4, -0.2) is 36.7 Å². The number of hydrogen-bond acceptors (Lipinski definition) is 4. The minimum Gasteiger partial charge on any atom is -0.350 e. The van der Waals surface area contributed by atoms with E-state index in [0.29, 0.717) is 16.7 Å². The first-order valence-electron chi connectivity index (χ1n) is 8.24. The van der Waals surface area contributed by atoms with Gasteiger partial charge in [-0.05, 0) is 33.1 Å². The molecule has 0 saturated heterocycles. The van der Waals surface area contributed by atoms with Crippen LogP contribution in [0.4, 0.5) is 0 Å². The van der Waals surface area contributed by atoms with Gasteiger partial charge in [0.15, 0.2) is 5.65 Å². The first kappa shape index (κ1) is 14.9. The molecule has 7 nitrogen and oxygen atoms in total. The van der Waals surface area contributed by atoms with Crippen LogP contribution in [0.25, 0.3) is 22.6 Å². The Labute approximate surface area is 139 Å². The van der Waals surface area contributed by atoms with Crippen molar-refractivity contribution in [1.29, 1.82) is 0 Å². The number of carbonyl (C=O) groups is 1. The Hall–Kier alpha value is -2.70. The van der Waals surface area contributed by atoms with Gasteiger partial charge in [-0.2, -0.15) is 5.10 Å². The van der Waals surface area contributed by atoms with Gasteiger partial charge in [0, 0.05) is 30.5 Å². The monoisotopic (exact) mass is 324 g/mol. The first-order valence-corrected chi connectivity index (χ1v) is 8.24. The van der Waals surface area contributed by atoms with Crippen LogP contribution in [0.15, 0.2) is 12.4 Å². The molecule has 0 radical (unpaired) electrons. The largest absolute Gasteiger partial charge is 0.350 e. The summed E-state index contributed by atoms with van der Waals surface area (Å²) in [4.78, 5) is 24.5. The van der Waals surface area contributed by atoms with Gasteiger partial charge in [-0.15, -0.1) is 0 Å². The Balaban J connectivity index is 1.81. The van der Waals surface area contributed by atoms with Crippen molar-refractivity contribution in [3.05, 3.63) is 29.2 Å². The van der Waals surface area contributed by atoms with Gasteiger partial charge in [0.1, 0.15) is 16.9 Å². The van der Waals surface area contributed by atoms with Gasteiger partial charge in [-0.1, -0.05) is 0 Å². The van der Waals surface area contributed by atoms with E-state index in [-0.39, 0.29) is 11.9 Å². The molecule has 0 unspecified atom stereocenters. The normalized spacial score (nSPS) is 13.7. The van der Waals surface area contributed by atoms with Gasteiger partial charge in [0.2, 0.25) is 0 Å². The Morgan fingerprint density at radius 3 is 3.00 bits per heavy atom. The number of H-pyrrole nitrogens is 1. The Bertz CT molecular complexity index is 936. The molecule has 0 bridgehead atoms. The fourth-order valence-corrected chi connectivity index (χ4v) is 3.34. The first-order chi connectivity index (χ1) is 11.5. The Morgan fingerprint density at radius 1 is 1.38 bits per heavy atom. The molecule has 0 fully saturated rings. The lowest BCUT2D eigenvalue weighted by atomic mass is 10.1. The number of carbonyl (C=O) groups excluding carboxylic acids is 1. The molecule has 3 heterocycles. The molecule has 4 rings (SSSR count). The number of rotatable bonds is 3. The molecule has 124 valence electrons. The SMILES string of the molecule is CC(C)NC(=O)c1c[nH]c2ncc(-c3nn(C)c4c3CCC4)nc12. The molecule has 7 heteroatoms. The maximum absolute atomic E-state index is 12.4. The van der Waals surface area contributed by atoms with E-state index in [1.165, 1.54) is 11.3 Å². The molecular weight excluding hydrogens is 304 g/mol. The second-order valence-electron chi connectivity index (χ2n) is 6.53. The maximum Gasteiger partial charge on any atom is 0.255 e. The van der Waals surface area contributed by atoms with Gasteiger partial charge >= 0.3 is 0 Å². The summed E-state index contributed by atoms with van der Waals surface area (Å²) in [7, 11) is 1.97. The second kappa shape index (κ2) is 5.43. The van der Waals surface area contributed by atoms with Crippen molar-refractivity contribution in [3.8, 4) is 11.4 Å². The van der Waals surface area contributed by atoms with Crippen LogP contribution in [0, 0.1) is 0 Å². The van der Waals surface area contributed by atoms with E-state index in [9.17, 15) is 4.79 Å². The topological polar surface area (TPSA) is 88.5 Å². The summed E-state index contributed by atoms with van der Waals surface area (Å²) >= 11 is 0. The summed E-state index contributed by atoms with van der Waals surface area (Å²) < 4.78 is 1.94. The number of aromatic amines is 1. The lowest BCUT2D eigenvalue weighted by molar-refractivity contribution is 0.0944. The highest BCUT2D eigenvalue weighted by Gasteiger charge is 2.24. The number of aromatic nitrogens is 5. The van der Waals surface area contributed by atoms with Crippen LogP contribution in [0.1, 0.15) is 41.9 Å². The molecule has 0 aromatic carbocycles. The van der Waals surface area contributed by atoms with E-state index < -0.39 is 0 Å². The zero-order valence-electron chi connectivity index (χ0n) is 14.1. The van der Waals surface area contributed by atoms with Crippen LogP contribution in [0.2, 0.25) is 0 Å². The third-order valence-corrected chi connectivity index (χ3v) is 4.40. The van der Waals surface area contributed by atoms with E-state index in [1.807, 2.05) is 25.6 Å². The third kappa shape index (κ3) is 2.28. The summed E-state index contributed by atoms with van der Waals surface area (Å²) in [6.07, 6.45) is 6.61. The maximum atomic E-state index is 12.4. The molecule has 24 heavy (non-hydrogen) atoms. The number of fused-ring (bicyclic) bond motifs is 2. The van der Waals surface area contributed by atoms with E-state index in [2.05, 4.69) is 20.4 Å². The average Bonchev–Trinajstić information content (AvgIpc) is 3.22. The van der Waals surface area contributed by atoms with Gasteiger partial charge in [-0.3, -0.25) is 9.48 Å². The minimum atomic E-state index is -0.144. The minimum absolute atomic E-state index is 0.0673. The molecule has 1 aliphatic carbocycles. The predicted octanol–water partition coefficient (Wildman–Crippen LogP) is 1.99. The van der Waals surface area contributed by atoms with Crippen molar-refractivity contribution >= 4 is 17.1 Å². The smallest absolute Gasteiger partial charge is 0.255 e. The quantitative estimate of drug-likeness (QED) is 0.771. The molecule has 2 N–H and O–H groups in total. The molecule has 1 amide bonds. The molecule has 0 aliphatic heterocycles. The molecule has 3 aromatic rings. The van der Waals surface area contributed by atoms with Gasteiger partial charge in [0.05, 0.1) is 11.8 Å². The van der Waals surface area contributed by atoms with Crippen molar-refractivity contribution in [2.24, 2.45) is 7.05 Å². The summed E-state index contributed by atoms with van der Waals surface area (Å²) in [5.41, 5.74) is 5.85. The fraction of sp³-hybridized carbons (Fsp3) is 0.412. The zero-order valence-corrected chi connectivity index (χ0v) is 14.1. The van der Waals surface area contributed by atoms with Crippen molar-refractivity contribution < 1.29 is 4.79 Å². The van der Waals surface area contributed by atoms with E-state index >= 15 is 0 Å². The lowest BCUT2D eigenvalue weighted by Crippen LogP contribution is -2.29. The lowest BCUT2D eigenvalue weighted by Gasteiger charge is -2.07. The summed E-state index contributed by atoms with van der Waals surface area (Å²) in [5, 5.41) is 7.52. The van der Waals surface area contributed by atoms with Crippen LogP contribution in [0.3, 0.4) is 0 Å².